The van der Waals surface area contributed by atoms with E-state index in [1.54, 1.807) is 0 Å². The monoisotopic (exact) mass is 140 g/mol. The summed E-state index contributed by atoms with van der Waals surface area (Å²) in [7, 11) is 1.09. The van der Waals surface area contributed by atoms with Gasteiger partial charge in [-0.1, -0.05) is 48.0 Å². The molecule has 52 valence electrons. The molecule has 2 rings (SSSR count). The Hall–Kier alpha value is -1.24. The largest absolute Gasteiger partial charge is 0.183 e. The fourth-order valence-corrected chi connectivity index (χ4v) is 1.31. The molecule has 1 aromatic carbocycles. The molecule has 0 aromatic heterocycles. The Labute approximate surface area is 67.5 Å². The topological polar surface area (TPSA) is 0 Å². The standard InChI is InChI=1S/C10H9B/c1-2-5-9(6-3-1)10-7-4-8-11-10/h1-8,11H. The molecule has 0 unspecified atom stereocenters. The van der Waals surface area contributed by atoms with Crippen LogP contribution in [0.1, 0.15) is 5.56 Å². The van der Waals surface area contributed by atoms with Gasteiger partial charge in [-0.15, -0.1) is 5.98 Å². The van der Waals surface area contributed by atoms with Crippen molar-refractivity contribution in [3.05, 3.63) is 54.0 Å². The van der Waals surface area contributed by atoms with E-state index in [1.165, 1.54) is 11.0 Å². The molecular weight excluding hydrogens is 131 g/mol. The van der Waals surface area contributed by atoms with E-state index < -0.39 is 0 Å². The van der Waals surface area contributed by atoms with Gasteiger partial charge >= 0.3 is 0 Å². The molecule has 0 bridgehead atoms. The lowest BCUT2D eigenvalue weighted by Gasteiger charge is -1.98. The van der Waals surface area contributed by atoms with Crippen LogP contribution >= 0.6 is 0 Å². The molecular formula is C10H9B. The highest BCUT2D eigenvalue weighted by atomic mass is 13.9. The summed E-state index contributed by atoms with van der Waals surface area (Å²) in [5, 5.41) is 0. The maximum absolute atomic E-state index is 2.18. The van der Waals surface area contributed by atoms with E-state index in [1.807, 2.05) is 6.07 Å². The molecule has 0 aliphatic carbocycles. The first-order valence-electron chi connectivity index (χ1n) is 3.88. The van der Waals surface area contributed by atoms with Gasteiger partial charge in [-0.2, -0.15) is 0 Å². The molecule has 0 amide bonds. The minimum Gasteiger partial charge on any atom is -0.114 e. The summed E-state index contributed by atoms with van der Waals surface area (Å²) >= 11 is 0. The molecule has 1 heteroatoms. The summed E-state index contributed by atoms with van der Waals surface area (Å²) in [6.45, 7) is 0. The second-order valence-electron chi connectivity index (χ2n) is 2.69. The number of benzene rings is 1. The van der Waals surface area contributed by atoms with E-state index in [9.17, 15) is 0 Å². The first-order chi connectivity index (χ1) is 5.47. The van der Waals surface area contributed by atoms with Crippen molar-refractivity contribution < 1.29 is 0 Å². The van der Waals surface area contributed by atoms with E-state index in [2.05, 4.69) is 42.4 Å². The van der Waals surface area contributed by atoms with Crippen LogP contribution in [0.15, 0.2) is 48.5 Å². The van der Waals surface area contributed by atoms with E-state index in [0.29, 0.717) is 0 Å². The van der Waals surface area contributed by atoms with Crippen LogP contribution in [0, 0.1) is 0 Å². The molecule has 0 spiro atoms. The normalized spacial score (nSPS) is 14.4. The van der Waals surface area contributed by atoms with Gasteiger partial charge in [0.05, 0.1) is 0 Å². The third-order valence-corrected chi connectivity index (χ3v) is 1.92. The lowest BCUT2D eigenvalue weighted by atomic mass is 9.70. The van der Waals surface area contributed by atoms with E-state index in [-0.39, 0.29) is 0 Å². The summed E-state index contributed by atoms with van der Waals surface area (Å²) in [5.74, 6) is 2.18. The smallest absolute Gasteiger partial charge is 0.114 e. The number of hydrogen-bond donors (Lipinski definition) is 0. The predicted molar refractivity (Wildman–Crippen MR) is 50.7 cm³/mol. The van der Waals surface area contributed by atoms with E-state index >= 15 is 0 Å². The van der Waals surface area contributed by atoms with Gasteiger partial charge < -0.3 is 0 Å². The Morgan fingerprint density at radius 2 is 1.82 bits per heavy atom. The quantitative estimate of drug-likeness (QED) is 0.523. The molecule has 11 heavy (non-hydrogen) atoms. The average molecular weight is 140 g/mol. The third kappa shape index (κ3) is 1.27. The first-order valence-corrected chi connectivity index (χ1v) is 3.88. The number of hydrogen-bond acceptors (Lipinski definition) is 0. The zero-order chi connectivity index (χ0) is 7.52. The Morgan fingerprint density at radius 1 is 1.00 bits per heavy atom. The van der Waals surface area contributed by atoms with Gasteiger partial charge in [-0.25, -0.2) is 0 Å². The second kappa shape index (κ2) is 2.79. The molecule has 0 N–H and O–H groups in total. The van der Waals surface area contributed by atoms with Gasteiger partial charge in [0.15, 0.2) is 7.28 Å². The third-order valence-electron chi connectivity index (χ3n) is 1.92. The van der Waals surface area contributed by atoms with Crippen molar-refractivity contribution in [1.29, 1.82) is 0 Å². The van der Waals surface area contributed by atoms with Crippen LogP contribution in [0.25, 0.3) is 5.47 Å². The molecule has 1 aromatic rings. The van der Waals surface area contributed by atoms with Crippen LogP contribution in [-0.4, -0.2) is 7.28 Å². The molecule has 0 saturated heterocycles. The van der Waals surface area contributed by atoms with Crippen molar-refractivity contribution in [3.63, 3.8) is 0 Å². The Bertz CT molecular complexity index is 296. The Kier molecular flexibility index (Phi) is 1.64. The van der Waals surface area contributed by atoms with Crippen molar-refractivity contribution in [2.75, 3.05) is 0 Å². The molecule has 0 atom stereocenters. The maximum Gasteiger partial charge on any atom is 0.183 e. The van der Waals surface area contributed by atoms with Gasteiger partial charge in [0.25, 0.3) is 0 Å². The minimum absolute atomic E-state index is 1.09. The Morgan fingerprint density at radius 3 is 2.45 bits per heavy atom. The summed E-state index contributed by atoms with van der Waals surface area (Å²) in [6.07, 6.45) is 4.29. The van der Waals surface area contributed by atoms with E-state index in [0.717, 1.165) is 7.28 Å². The summed E-state index contributed by atoms with van der Waals surface area (Å²) in [4.78, 5) is 0. The molecule has 1 aliphatic heterocycles. The fraction of sp³-hybridized carbons (Fsp3) is 0. The van der Waals surface area contributed by atoms with Crippen LogP contribution in [-0.2, 0) is 0 Å². The molecule has 0 fully saturated rings. The van der Waals surface area contributed by atoms with E-state index in [4.69, 9.17) is 0 Å². The predicted octanol–water partition coefficient (Wildman–Crippen LogP) is 1.99. The van der Waals surface area contributed by atoms with Crippen LogP contribution in [0.3, 0.4) is 0 Å². The van der Waals surface area contributed by atoms with Gasteiger partial charge in [-0.05, 0) is 5.56 Å². The molecule has 0 nitrogen and oxygen atoms in total. The van der Waals surface area contributed by atoms with Crippen LogP contribution in [0.2, 0.25) is 0 Å². The molecule has 0 radical (unpaired) electrons. The zero-order valence-corrected chi connectivity index (χ0v) is 6.33. The molecule has 1 heterocycles. The first kappa shape index (κ1) is 6.47. The van der Waals surface area contributed by atoms with Crippen molar-refractivity contribution in [1.82, 2.24) is 0 Å². The fourth-order valence-electron chi connectivity index (χ4n) is 1.31. The van der Waals surface area contributed by atoms with Crippen molar-refractivity contribution in [2.45, 2.75) is 0 Å². The van der Waals surface area contributed by atoms with Crippen molar-refractivity contribution in [2.24, 2.45) is 0 Å². The molecule has 1 aliphatic rings. The Balaban J connectivity index is 2.31. The highest BCUT2D eigenvalue weighted by Crippen LogP contribution is 2.15. The number of rotatable bonds is 1. The summed E-state index contributed by atoms with van der Waals surface area (Å²) in [6, 6.07) is 10.5. The van der Waals surface area contributed by atoms with Gasteiger partial charge in [0.2, 0.25) is 0 Å². The highest BCUT2D eigenvalue weighted by molar-refractivity contribution is 6.66. The maximum atomic E-state index is 2.18. The van der Waals surface area contributed by atoms with Gasteiger partial charge in [0, 0.05) is 0 Å². The number of allylic oxidation sites excluding steroid dienone is 2. The second-order valence-corrected chi connectivity index (χ2v) is 2.69. The van der Waals surface area contributed by atoms with Crippen LogP contribution in [0.5, 0.6) is 0 Å². The van der Waals surface area contributed by atoms with Crippen molar-refractivity contribution >= 4 is 12.8 Å². The lowest BCUT2D eigenvalue weighted by molar-refractivity contribution is 1.65. The zero-order valence-electron chi connectivity index (χ0n) is 6.33. The van der Waals surface area contributed by atoms with Gasteiger partial charge in [0.1, 0.15) is 0 Å². The SMILES string of the molecule is B1C=CC=C1c1ccccc1. The highest BCUT2D eigenvalue weighted by Gasteiger charge is 2.01. The van der Waals surface area contributed by atoms with Gasteiger partial charge in [-0.3, -0.25) is 0 Å². The summed E-state index contributed by atoms with van der Waals surface area (Å²) < 4.78 is 0. The van der Waals surface area contributed by atoms with Crippen molar-refractivity contribution in [3.8, 4) is 0 Å². The minimum atomic E-state index is 1.09. The van der Waals surface area contributed by atoms with Crippen LogP contribution in [0.4, 0.5) is 0 Å². The lowest BCUT2D eigenvalue weighted by Crippen LogP contribution is -1.87. The average Bonchev–Trinajstić information content (AvgIpc) is 2.58. The van der Waals surface area contributed by atoms with Crippen LogP contribution < -0.4 is 0 Å². The molecule has 0 saturated carbocycles. The summed E-state index contributed by atoms with van der Waals surface area (Å²) in [5.41, 5.74) is 2.77.